The molecule has 0 spiro atoms. The van der Waals surface area contributed by atoms with Gasteiger partial charge in [0.25, 0.3) is 0 Å². The smallest absolute Gasteiger partial charge is 0.336 e. The van der Waals surface area contributed by atoms with Crippen molar-refractivity contribution in [1.29, 1.82) is 0 Å². The molecule has 0 radical (unpaired) electrons. The Labute approximate surface area is 141 Å². The zero-order valence-corrected chi connectivity index (χ0v) is 14.1. The largest absolute Gasteiger partial charge is 0.490 e. The number of hydrogen-bond donors (Lipinski definition) is 0. The molecule has 118 valence electrons. The van der Waals surface area contributed by atoms with Gasteiger partial charge >= 0.3 is 5.63 Å². The van der Waals surface area contributed by atoms with Gasteiger partial charge in [0.15, 0.2) is 0 Å². The Morgan fingerprint density at radius 3 is 2.48 bits per heavy atom. The van der Waals surface area contributed by atoms with Gasteiger partial charge in [-0.1, -0.05) is 22.0 Å². The van der Waals surface area contributed by atoms with E-state index in [1.165, 1.54) is 6.07 Å². The summed E-state index contributed by atoms with van der Waals surface area (Å²) in [7, 11) is 0. The van der Waals surface area contributed by atoms with Crippen LogP contribution in [0.1, 0.15) is 5.56 Å². The number of aryl methyl sites for hydroxylation is 1. The van der Waals surface area contributed by atoms with Gasteiger partial charge in [-0.15, -0.1) is 0 Å². The first kappa shape index (κ1) is 15.6. The molecular weight excluding hydrogens is 360 g/mol. The van der Waals surface area contributed by atoms with E-state index in [-0.39, 0.29) is 5.63 Å². The molecule has 0 fully saturated rings. The molecule has 1 aromatic heterocycles. The van der Waals surface area contributed by atoms with Crippen molar-refractivity contribution >= 4 is 26.9 Å². The van der Waals surface area contributed by atoms with Crippen LogP contribution in [0, 0.1) is 6.92 Å². The second kappa shape index (κ2) is 6.87. The Hall–Kier alpha value is -2.27. The second-order valence-corrected chi connectivity index (χ2v) is 5.98. The third-order valence-corrected chi connectivity index (χ3v) is 3.83. The molecule has 1 heterocycles. The Balaban J connectivity index is 1.62. The van der Waals surface area contributed by atoms with Gasteiger partial charge in [-0.3, -0.25) is 0 Å². The van der Waals surface area contributed by atoms with Gasteiger partial charge in [-0.2, -0.15) is 0 Å². The molecule has 0 saturated heterocycles. The summed E-state index contributed by atoms with van der Waals surface area (Å²) < 4.78 is 17.4. The van der Waals surface area contributed by atoms with E-state index in [1.54, 1.807) is 6.07 Å². The van der Waals surface area contributed by atoms with Gasteiger partial charge in [0.1, 0.15) is 30.3 Å². The van der Waals surface area contributed by atoms with E-state index < -0.39 is 0 Å². The zero-order chi connectivity index (χ0) is 16.2. The van der Waals surface area contributed by atoms with Crippen LogP contribution in [0.3, 0.4) is 0 Å². The van der Waals surface area contributed by atoms with Crippen LogP contribution in [0.25, 0.3) is 11.0 Å². The lowest BCUT2D eigenvalue weighted by atomic mass is 10.1. The van der Waals surface area contributed by atoms with Gasteiger partial charge in [0, 0.05) is 22.0 Å². The van der Waals surface area contributed by atoms with E-state index in [2.05, 4.69) is 15.9 Å². The van der Waals surface area contributed by atoms with Crippen molar-refractivity contribution in [3.05, 3.63) is 69.0 Å². The van der Waals surface area contributed by atoms with Crippen LogP contribution in [-0.2, 0) is 0 Å². The first-order valence-electron chi connectivity index (χ1n) is 7.17. The number of fused-ring (bicyclic) bond motifs is 1. The lowest BCUT2D eigenvalue weighted by Gasteiger charge is -2.09. The molecular formula is C18H15BrO4. The Bertz CT molecular complexity index is 886. The van der Waals surface area contributed by atoms with Crippen molar-refractivity contribution in [1.82, 2.24) is 0 Å². The van der Waals surface area contributed by atoms with E-state index in [0.29, 0.717) is 24.5 Å². The summed E-state index contributed by atoms with van der Waals surface area (Å²) in [6.07, 6.45) is 0. The Kier molecular flexibility index (Phi) is 4.67. The molecule has 23 heavy (non-hydrogen) atoms. The van der Waals surface area contributed by atoms with Crippen LogP contribution in [-0.4, -0.2) is 13.2 Å². The summed E-state index contributed by atoms with van der Waals surface area (Å²) in [5.41, 5.74) is 1.06. The summed E-state index contributed by atoms with van der Waals surface area (Å²) in [6, 6.07) is 14.6. The maximum absolute atomic E-state index is 11.4. The molecule has 0 amide bonds. The molecule has 0 atom stereocenters. The molecule has 0 N–H and O–H groups in total. The fourth-order valence-electron chi connectivity index (χ4n) is 2.27. The monoisotopic (exact) mass is 374 g/mol. The van der Waals surface area contributed by atoms with Gasteiger partial charge in [0.05, 0.1) is 0 Å². The van der Waals surface area contributed by atoms with E-state index in [9.17, 15) is 4.79 Å². The molecule has 3 aromatic rings. The quantitative estimate of drug-likeness (QED) is 0.492. The van der Waals surface area contributed by atoms with Crippen LogP contribution < -0.4 is 15.1 Å². The first-order valence-corrected chi connectivity index (χ1v) is 7.97. The summed E-state index contributed by atoms with van der Waals surface area (Å²) >= 11 is 3.40. The fraction of sp³-hybridized carbons (Fsp3) is 0.167. The van der Waals surface area contributed by atoms with Crippen LogP contribution in [0.15, 0.2) is 62.2 Å². The summed E-state index contributed by atoms with van der Waals surface area (Å²) in [6.45, 7) is 2.70. The topological polar surface area (TPSA) is 48.7 Å². The number of rotatable bonds is 5. The SMILES string of the molecule is Cc1cc(=O)oc2cc(OCCOc3cccc(Br)c3)ccc12. The molecule has 5 heteroatoms. The van der Waals surface area contributed by atoms with Crippen molar-refractivity contribution in [2.75, 3.05) is 13.2 Å². The van der Waals surface area contributed by atoms with Crippen LogP contribution in [0.2, 0.25) is 0 Å². The van der Waals surface area contributed by atoms with Crippen molar-refractivity contribution in [2.45, 2.75) is 6.92 Å². The van der Waals surface area contributed by atoms with Gasteiger partial charge in [0.2, 0.25) is 0 Å². The van der Waals surface area contributed by atoms with Crippen LogP contribution in [0.5, 0.6) is 11.5 Å². The van der Waals surface area contributed by atoms with Crippen molar-refractivity contribution in [2.24, 2.45) is 0 Å². The minimum Gasteiger partial charge on any atom is -0.490 e. The minimum absolute atomic E-state index is 0.356. The van der Waals surface area contributed by atoms with Gasteiger partial charge in [-0.05, 0) is 42.8 Å². The van der Waals surface area contributed by atoms with Gasteiger partial charge < -0.3 is 13.9 Å². The molecule has 4 nitrogen and oxygen atoms in total. The summed E-state index contributed by atoms with van der Waals surface area (Å²) in [5.74, 6) is 1.42. The Morgan fingerprint density at radius 1 is 1.00 bits per heavy atom. The Morgan fingerprint density at radius 2 is 1.74 bits per heavy atom. The third-order valence-electron chi connectivity index (χ3n) is 3.34. The average molecular weight is 375 g/mol. The molecule has 3 rings (SSSR count). The van der Waals surface area contributed by atoms with Gasteiger partial charge in [-0.25, -0.2) is 4.79 Å². The zero-order valence-electron chi connectivity index (χ0n) is 12.5. The number of halogens is 1. The minimum atomic E-state index is -0.356. The highest BCUT2D eigenvalue weighted by Crippen LogP contribution is 2.22. The molecule has 0 aliphatic heterocycles. The number of ether oxygens (including phenoxy) is 2. The number of hydrogen-bond acceptors (Lipinski definition) is 4. The summed E-state index contributed by atoms with van der Waals surface area (Å²) in [4.78, 5) is 11.4. The highest BCUT2D eigenvalue weighted by atomic mass is 79.9. The van der Waals surface area contributed by atoms with E-state index >= 15 is 0 Å². The van der Waals surface area contributed by atoms with Crippen molar-refractivity contribution < 1.29 is 13.9 Å². The maximum Gasteiger partial charge on any atom is 0.336 e. The molecule has 0 unspecified atom stereocenters. The van der Waals surface area contributed by atoms with E-state index in [1.807, 2.05) is 43.3 Å². The lowest BCUT2D eigenvalue weighted by molar-refractivity contribution is 0.217. The van der Waals surface area contributed by atoms with Crippen molar-refractivity contribution in [3.8, 4) is 11.5 Å². The predicted octanol–water partition coefficient (Wildman–Crippen LogP) is 4.32. The standard InChI is InChI=1S/C18H15BrO4/c1-12-9-18(20)23-17-11-15(5-6-16(12)17)22-8-7-21-14-4-2-3-13(19)10-14/h2-6,9-11H,7-8H2,1H3. The highest BCUT2D eigenvalue weighted by molar-refractivity contribution is 9.10. The molecule has 0 bridgehead atoms. The second-order valence-electron chi connectivity index (χ2n) is 5.06. The van der Waals surface area contributed by atoms with E-state index in [4.69, 9.17) is 13.9 Å². The highest BCUT2D eigenvalue weighted by Gasteiger charge is 2.04. The predicted molar refractivity (Wildman–Crippen MR) is 92.4 cm³/mol. The molecule has 2 aromatic carbocycles. The molecule has 0 aliphatic carbocycles. The van der Waals surface area contributed by atoms with E-state index in [0.717, 1.165) is 21.2 Å². The lowest BCUT2D eigenvalue weighted by Crippen LogP contribution is -2.09. The number of benzene rings is 2. The third kappa shape index (κ3) is 3.93. The molecule has 0 aliphatic rings. The van der Waals surface area contributed by atoms with Crippen LogP contribution >= 0.6 is 15.9 Å². The maximum atomic E-state index is 11.4. The summed E-state index contributed by atoms with van der Waals surface area (Å²) in [5, 5.41) is 0.905. The molecule has 0 saturated carbocycles. The fourth-order valence-corrected chi connectivity index (χ4v) is 2.65. The normalized spacial score (nSPS) is 10.7. The average Bonchev–Trinajstić information content (AvgIpc) is 2.51. The van der Waals surface area contributed by atoms with Crippen molar-refractivity contribution in [3.63, 3.8) is 0 Å². The van der Waals surface area contributed by atoms with Crippen LogP contribution in [0.4, 0.5) is 0 Å². The first-order chi connectivity index (χ1) is 11.1.